The molecule has 6 nitrogen and oxygen atoms in total. The van der Waals surface area contributed by atoms with E-state index in [1.807, 2.05) is 30.3 Å². The van der Waals surface area contributed by atoms with E-state index in [2.05, 4.69) is 65.6 Å². The molecule has 2 N–H and O–H groups in total. The smallest absolute Gasteiger partial charge is 0.213 e. The van der Waals surface area contributed by atoms with Crippen molar-refractivity contribution < 1.29 is 9.15 Å². The van der Waals surface area contributed by atoms with Crippen molar-refractivity contribution in [2.24, 2.45) is 4.99 Å². The molecule has 0 aliphatic rings. The molecule has 2 aromatic carbocycles. The molecular weight excluding hydrogens is 515 g/mol. The molecule has 0 unspecified atom stereocenters. The third-order valence-electron chi connectivity index (χ3n) is 4.86. The maximum Gasteiger partial charge on any atom is 0.213 e. The van der Waals surface area contributed by atoms with Crippen LogP contribution in [0.4, 0.5) is 0 Å². The molecule has 3 aromatic rings. The van der Waals surface area contributed by atoms with E-state index in [1.165, 1.54) is 11.1 Å². The lowest BCUT2D eigenvalue weighted by atomic mass is 9.94. The van der Waals surface area contributed by atoms with Crippen LogP contribution in [0.1, 0.15) is 49.1 Å². The molecule has 3 rings (SSSR count). The Kier molecular flexibility index (Phi) is 10.2. The van der Waals surface area contributed by atoms with Gasteiger partial charge in [-0.15, -0.1) is 24.0 Å². The lowest BCUT2D eigenvalue weighted by Gasteiger charge is -2.14. The number of guanidine groups is 1. The van der Waals surface area contributed by atoms with Gasteiger partial charge in [0.25, 0.3) is 0 Å². The predicted molar refractivity (Wildman–Crippen MR) is 139 cm³/mol. The first-order chi connectivity index (χ1) is 15.0. The number of aromatic nitrogens is 1. The fourth-order valence-corrected chi connectivity index (χ4v) is 3.02. The maximum absolute atomic E-state index is 5.92. The number of benzene rings is 2. The Morgan fingerprint density at radius 2 is 1.59 bits per heavy atom. The highest BCUT2D eigenvalue weighted by atomic mass is 127. The lowest BCUT2D eigenvalue weighted by Crippen LogP contribution is -2.36. The van der Waals surface area contributed by atoms with Gasteiger partial charge in [-0.1, -0.05) is 75.4 Å². The Morgan fingerprint density at radius 3 is 2.25 bits per heavy atom. The number of oxazole rings is 1. The SMILES string of the molecule is CN=C(NCc1ncc(C(C)(C)C)o1)NCc1ccccc1COCc1ccccc1.I. The molecular formula is C25H33IN4O2. The highest BCUT2D eigenvalue weighted by Gasteiger charge is 2.19. The zero-order valence-corrected chi connectivity index (χ0v) is 21.6. The van der Waals surface area contributed by atoms with Gasteiger partial charge in [-0.25, -0.2) is 4.98 Å². The molecule has 0 aliphatic carbocycles. The summed E-state index contributed by atoms with van der Waals surface area (Å²) >= 11 is 0. The fraction of sp³-hybridized carbons (Fsp3) is 0.360. The van der Waals surface area contributed by atoms with Crippen LogP contribution >= 0.6 is 24.0 Å². The number of nitrogens with zero attached hydrogens (tertiary/aromatic N) is 2. The van der Waals surface area contributed by atoms with E-state index in [4.69, 9.17) is 9.15 Å². The van der Waals surface area contributed by atoms with Crippen LogP contribution in [0.2, 0.25) is 0 Å². The highest BCUT2D eigenvalue weighted by Crippen LogP contribution is 2.22. The standard InChI is InChI=1S/C25H32N4O2.HI/c1-25(2,3)22-15-27-23(31-22)16-29-24(26-4)28-14-20-12-8-9-13-21(20)18-30-17-19-10-6-5-7-11-19;/h5-13,15H,14,16-18H2,1-4H3,(H2,26,28,29);1H. The second-order valence-electron chi connectivity index (χ2n) is 8.39. The Labute approximate surface area is 207 Å². The number of hydrogen-bond donors (Lipinski definition) is 2. The molecule has 0 radical (unpaired) electrons. The van der Waals surface area contributed by atoms with Crippen LogP contribution in [0, 0.1) is 0 Å². The van der Waals surface area contributed by atoms with E-state index in [9.17, 15) is 0 Å². The summed E-state index contributed by atoms with van der Waals surface area (Å²) in [5.74, 6) is 2.20. The largest absolute Gasteiger partial charge is 0.443 e. The van der Waals surface area contributed by atoms with Gasteiger partial charge in [0.15, 0.2) is 5.96 Å². The Balaban J connectivity index is 0.00000363. The molecule has 32 heavy (non-hydrogen) atoms. The predicted octanol–water partition coefficient (Wildman–Crippen LogP) is 5.17. The van der Waals surface area contributed by atoms with Crippen molar-refractivity contribution in [2.45, 2.75) is 52.5 Å². The monoisotopic (exact) mass is 548 g/mol. The van der Waals surface area contributed by atoms with Crippen LogP contribution < -0.4 is 10.6 Å². The first kappa shape index (κ1) is 25.9. The lowest BCUT2D eigenvalue weighted by molar-refractivity contribution is 0.106. The van der Waals surface area contributed by atoms with E-state index in [0.717, 1.165) is 11.3 Å². The number of halogens is 1. The van der Waals surface area contributed by atoms with Crippen molar-refractivity contribution >= 4 is 29.9 Å². The topological polar surface area (TPSA) is 71.7 Å². The second kappa shape index (κ2) is 12.6. The normalized spacial score (nSPS) is 11.7. The van der Waals surface area contributed by atoms with E-state index >= 15 is 0 Å². The molecule has 0 atom stereocenters. The summed E-state index contributed by atoms with van der Waals surface area (Å²) in [5, 5.41) is 6.61. The minimum atomic E-state index is -0.0581. The van der Waals surface area contributed by atoms with Gasteiger partial charge in [0.2, 0.25) is 5.89 Å². The summed E-state index contributed by atoms with van der Waals surface area (Å²) < 4.78 is 11.8. The number of aliphatic imine (C=N–C) groups is 1. The molecule has 0 bridgehead atoms. The van der Waals surface area contributed by atoms with Gasteiger partial charge in [-0.3, -0.25) is 4.99 Å². The van der Waals surface area contributed by atoms with Crippen molar-refractivity contribution in [1.82, 2.24) is 15.6 Å². The van der Waals surface area contributed by atoms with E-state index in [1.54, 1.807) is 13.2 Å². The minimum absolute atomic E-state index is 0. The van der Waals surface area contributed by atoms with E-state index in [-0.39, 0.29) is 29.4 Å². The van der Waals surface area contributed by atoms with Gasteiger partial charge in [-0.05, 0) is 16.7 Å². The first-order valence-electron chi connectivity index (χ1n) is 10.5. The Hall–Kier alpha value is -2.39. The van der Waals surface area contributed by atoms with Crippen molar-refractivity contribution in [2.75, 3.05) is 7.05 Å². The number of ether oxygens (including phenoxy) is 1. The molecule has 1 aromatic heterocycles. The summed E-state index contributed by atoms with van der Waals surface area (Å²) in [7, 11) is 1.75. The summed E-state index contributed by atoms with van der Waals surface area (Å²) in [6, 6.07) is 18.5. The van der Waals surface area contributed by atoms with Crippen LogP contribution in [0.15, 0.2) is 70.2 Å². The molecule has 0 saturated heterocycles. The molecule has 172 valence electrons. The van der Waals surface area contributed by atoms with Gasteiger partial charge in [0, 0.05) is 19.0 Å². The molecule has 1 heterocycles. The van der Waals surface area contributed by atoms with Crippen molar-refractivity contribution in [3.8, 4) is 0 Å². The van der Waals surface area contributed by atoms with Crippen LogP contribution in [0.25, 0.3) is 0 Å². The Bertz CT molecular complexity index is 981. The molecule has 0 aliphatic heterocycles. The van der Waals surface area contributed by atoms with Crippen LogP contribution in [-0.2, 0) is 36.5 Å². The van der Waals surface area contributed by atoms with Crippen molar-refractivity contribution in [3.63, 3.8) is 0 Å². The van der Waals surface area contributed by atoms with Gasteiger partial charge in [0.1, 0.15) is 5.76 Å². The average Bonchev–Trinajstić information content (AvgIpc) is 3.25. The summed E-state index contributed by atoms with van der Waals surface area (Å²) in [6.07, 6.45) is 1.79. The Morgan fingerprint density at radius 1 is 0.938 bits per heavy atom. The van der Waals surface area contributed by atoms with E-state index < -0.39 is 0 Å². The quantitative estimate of drug-likeness (QED) is 0.231. The zero-order valence-electron chi connectivity index (χ0n) is 19.2. The third kappa shape index (κ3) is 7.94. The molecule has 0 saturated carbocycles. The third-order valence-corrected chi connectivity index (χ3v) is 4.86. The minimum Gasteiger partial charge on any atom is -0.443 e. The summed E-state index contributed by atoms with van der Waals surface area (Å²) in [5.41, 5.74) is 3.44. The van der Waals surface area contributed by atoms with Gasteiger partial charge >= 0.3 is 0 Å². The van der Waals surface area contributed by atoms with Crippen LogP contribution in [-0.4, -0.2) is 18.0 Å². The van der Waals surface area contributed by atoms with Crippen molar-refractivity contribution in [1.29, 1.82) is 0 Å². The summed E-state index contributed by atoms with van der Waals surface area (Å²) in [6.45, 7) is 8.58. The second-order valence-corrected chi connectivity index (χ2v) is 8.39. The highest BCUT2D eigenvalue weighted by molar-refractivity contribution is 14.0. The fourth-order valence-electron chi connectivity index (χ4n) is 3.02. The van der Waals surface area contributed by atoms with Gasteiger partial charge in [-0.2, -0.15) is 0 Å². The van der Waals surface area contributed by atoms with Crippen LogP contribution in [0.3, 0.4) is 0 Å². The number of nitrogens with one attached hydrogen (secondary N) is 2. The maximum atomic E-state index is 5.92. The van der Waals surface area contributed by atoms with Crippen LogP contribution in [0.5, 0.6) is 0 Å². The molecule has 7 heteroatoms. The van der Waals surface area contributed by atoms with Gasteiger partial charge in [0.05, 0.1) is 26.0 Å². The van der Waals surface area contributed by atoms with Gasteiger partial charge < -0.3 is 19.8 Å². The van der Waals surface area contributed by atoms with E-state index in [0.29, 0.717) is 38.2 Å². The number of hydrogen-bond acceptors (Lipinski definition) is 4. The number of rotatable bonds is 8. The first-order valence-corrected chi connectivity index (χ1v) is 10.5. The van der Waals surface area contributed by atoms with Crippen molar-refractivity contribution in [3.05, 3.63) is 89.1 Å². The zero-order chi connectivity index (χ0) is 22.1. The summed E-state index contributed by atoms with van der Waals surface area (Å²) in [4.78, 5) is 8.65. The molecule has 0 fully saturated rings. The average molecular weight is 548 g/mol. The molecule has 0 spiro atoms. The molecule has 0 amide bonds.